The van der Waals surface area contributed by atoms with Crippen molar-refractivity contribution in [3.05, 3.63) is 47.0 Å². The summed E-state index contributed by atoms with van der Waals surface area (Å²) in [7, 11) is 0. The highest BCUT2D eigenvalue weighted by Gasteiger charge is 2.16. The molecule has 0 saturated carbocycles. The van der Waals surface area contributed by atoms with E-state index in [0.717, 1.165) is 41.0 Å². The number of hydrogen-bond acceptors (Lipinski definition) is 2. The number of halogens is 1. The first-order valence-electron chi connectivity index (χ1n) is 7.07. The molecule has 1 N–H and O–H groups in total. The first-order valence-corrected chi connectivity index (χ1v) is 7.45. The molecule has 2 aromatic carbocycles. The second-order valence-corrected chi connectivity index (χ2v) is 5.55. The maximum atomic E-state index is 9.95. The predicted octanol–water partition coefficient (Wildman–Crippen LogP) is 4.78. The number of phenolic OH excluding ortho intramolecular Hbond substituents is 1. The summed E-state index contributed by atoms with van der Waals surface area (Å²) < 4.78 is 2.14. The molecule has 3 rings (SSSR count). The van der Waals surface area contributed by atoms with Gasteiger partial charge in [0.15, 0.2) is 0 Å². The Morgan fingerprint density at radius 3 is 2.71 bits per heavy atom. The van der Waals surface area contributed by atoms with Gasteiger partial charge in [0.05, 0.1) is 16.1 Å². The summed E-state index contributed by atoms with van der Waals surface area (Å²) in [5.74, 6) is 1.14. The molecule has 3 aromatic rings. The second kappa shape index (κ2) is 5.41. The summed E-state index contributed by atoms with van der Waals surface area (Å²) in [6, 6.07) is 11.3. The Kier molecular flexibility index (Phi) is 3.60. The van der Waals surface area contributed by atoms with Gasteiger partial charge in [-0.15, -0.1) is 0 Å². The van der Waals surface area contributed by atoms with Crippen LogP contribution in [0.25, 0.3) is 22.4 Å². The largest absolute Gasteiger partial charge is 0.508 e. The van der Waals surface area contributed by atoms with Gasteiger partial charge >= 0.3 is 0 Å². The van der Waals surface area contributed by atoms with E-state index in [0.29, 0.717) is 5.02 Å². The van der Waals surface area contributed by atoms with Gasteiger partial charge in [-0.3, -0.25) is 0 Å². The highest BCUT2D eigenvalue weighted by molar-refractivity contribution is 6.35. The maximum Gasteiger partial charge on any atom is 0.141 e. The van der Waals surface area contributed by atoms with E-state index < -0.39 is 0 Å². The van der Waals surface area contributed by atoms with Crippen LogP contribution < -0.4 is 0 Å². The molecule has 0 aliphatic carbocycles. The van der Waals surface area contributed by atoms with Crippen molar-refractivity contribution in [2.24, 2.45) is 0 Å². The van der Waals surface area contributed by atoms with Gasteiger partial charge in [0, 0.05) is 17.7 Å². The molecule has 0 amide bonds. The van der Waals surface area contributed by atoms with Gasteiger partial charge in [-0.05, 0) is 31.5 Å². The number of imidazole rings is 1. The van der Waals surface area contributed by atoms with E-state index in [-0.39, 0.29) is 5.75 Å². The Morgan fingerprint density at radius 1 is 1.19 bits per heavy atom. The molecule has 0 atom stereocenters. The molecule has 0 fully saturated rings. The van der Waals surface area contributed by atoms with Crippen LogP contribution in [-0.2, 0) is 6.54 Å². The fraction of sp³-hybridized carbons (Fsp3) is 0.235. The lowest BCUT2D eigenvalue weighted by Gasteiger charge is -2.11. The average molecular weight is 301 g/mol. The first kappa shape index (κ1) is 14.0. The third kappa shape index (κ3) is 2.28. The highest BCUT2D eigenvalue weighted by Crippen LogP contribution is 2.33. The lowest BCUT2D eigenvalue weighted by atomic mass is 10.1. The number of para-hydroxylation sites is 1. The van der Waals surface area contributed by atoms with Crippen LogP contribution in [0.4, 0.5) is 0 Å². The van der Waals surface area contributed by atoms with Crippen LogP contribution in [0.1, 0.15) is 18.9 Å². The summed E-state index contributed by atoms with van der Waals surface area (Å²) >= 11 is 6.36. The predicted molar refractivity (Wildman–Crippen MR) is 86.9 cm³/mol. The zero-order chi connectivity index (χ0) is 15.0. The quantitative estimate of drug-likeness (QED) is 0.756. The van der Waals surface area contributed by atoms with Crippen molar-refractivity contribution in [3.8, 4) is 17.1 Å². The molecule has 21 heavy (non-hydrogen) atoms. The Bertz CT molecular complexity index is 808. The van der Waals surface area contributed by atoms with Gasteiger partial charge < -0.3 is 9.67 Å². The van der Waals surface area contributed by atoms with E-state index in [1.54, 1.807) is 6.07 Å². The monoisotopic (exact) mass is 300 g/mol. The zero-order valence-corrected chi connectivity index (χ0v) is 12.9. The van der Waals surface area contributed by atoms with E-state index in [4.69, 9.17) is 16.6 Å². The molecular weight excluding hydrogens is 284 g/mol. The summed E-state index contributed by atoms with van der Waals surface area (Å²) in [6.45, 7) is 4.87. The number of phenols is 1. The molecule has 0 saturated heterocycles. The molecule has 4 heteroatoms. The van der Waals surface area contributed by atoms with E-state index in [1.165, 1.54) is 0 Å². The minimum atomic E-state index is 0.286. The standard InChI is InChI=1S/C17H17ClN2O/c1-3-10-20-16-13(18)7-5-8-14(16)19-17(20)12-6-4-9-15(21)11(12)2/h4-9,21H,3,10H2,1-2H3. The highest BCUT2D eigenvalue weighted by atomic mass is 35.5. The van der Waals surface area contributed by atoms with Gasteiger partial charge in [0.1, 0.15) is 11.6 Å². The van der Waals surface area contributed by atoms with Crippen LogP contribution in [0.3, 0.4) is 0 Å². The molecule has 0 spiro atoms. The van der Waals surface area contributed by atoms with Crippen molar-refractivity contribution in [1.82, 2.24) is 9.55 Å². The molecule has 0 bridgehead atoms. The third-order valence-corrected chi connectivity index (χ3v) is 4.02. The minimum Gasteiger partial charge on any atom is -0.508 e. The van der Waals surface area contributed by atoms with Crippen LogP contribution in [0.5, 0.6) is 5.75 Å². The van der Waals surface area contributed by atoms with E-state index in [2.05, 4.69) is 11.5 Å². The summed E-state index contributed by atoms with van der Waals surface area (Å²) in [5.41, 5.74) is 3.62. The van der Waals surface area contributed by atoms with Crippen molar-refractivity contribution in [3.63, 3.8) is 0 Å². The van der Waals surface area contributed by atoms with Crippen molar-refractivity contribution < 1.29 is 5.11 Å². The lowest BCUT2D eigenvalue weighted by molar-refractivity contribution is 0.471. The zero-order valence-electron chi connectivity index (χ0n) is 12.1. The first-order chi connectivity index (χ1) is 10.1. The van der Waals surface area contributed by atoms with E-state index in [9.17, 15) is 5.11 Å². The molecule has 1 heterocycles. The molecule has 1 aromatic heterocycles. The Labute approximate surface area is 128 Å². The smallest absolute Gasteiger partial charge is 0.141 e. The Balaban J connectivity index is 2.34. The van der Waals surface area contributed by atoms with Crippen molar-refractivity contribution in [2.75, 3.05) is 0 Å². The number of aromatic nitrogens is 2. The van der Waals surface area contributed by atoms with Gasteiger partial charge in [-0.2, -0.15) is 0 Å². The summed E-state index contributed by atoms with van der Waals surface area (Å²) in [4.78, 5) is 4.73. The molecule has 0 aliphatic rings. The number of benzene rings is 2. The number of fused-ring (bicyclic) bond motifs is 1. The fourth-order valence-corrected chi connectivity index (χ4v) is 2.93. The van der Waals surface area contributed by atoms with Crippen molar-refractivity contribution in [1.29, 1.82) is 0 Å². The van der Waals surface area contributed by atoms with Crippen LogP contribution in [0.15, 0.2) is 36.4 Å². The SMILES string of the molecule is CCCn1c(-c2cccc(O)c2C)nc2cccc(Cl)c21. The number of aromatic hydroxyl groups is 1. The van der Waals surface area contributed by atoms with E-state index >= 15 is 0 Å². The number of rotatable bonds is 3. The molecule has 3 nitrogen and oxygen atoms in total. The second-order valence-electron chi connectivity index (χ2n) is 5.14. The molecular formula is C17H17ClN2O. The van der Waals surface area contributed by atoms with Crippen molar-refractivity contribution in [2.45, 2.75) is 26.8 Å². The number of nitrogens with zero attached hydrogens (tertiary/aromatic N) is 2. The van der Waals surface area contributed by atoms with Crippen LogP contribution in [0.2, 0.25) is 5.02 Å². The van der Waals surface area contributed by atoms with Crippen LogP contribution >= 0.6 is 11.6 Å². The lowest BCUT2D eigenvalue weighted by Crippen LogP contribution is -2.01. The van der Waals surface area contributed by atoms with Crippen LogP contribution in [-0.4, -0.2) is 14.7 Å². The fourth-order valence-electron chi connectivity index (χ4n) is 2.65. The summed E-state index contributed by atoms with van der Waals surface area (Å²) in [5, 5.41) is 10.7. The molecule has 108 valence electrons. The minimum absolute atomic E-state index is 0.286. The summed E-state index contributed by atoms with van der Waals surface area (Å²) in [6.07, 6.45) is 0.988. The van der Waals surface area contributed by atoms with Gasteiger partial charge in [-0.1, -0.05) is 36.7 Å². The molecule has 0 radical (unpaired) electrons. The molecule has 0 unspecified atom stereocenters. The maximum absolute atomic E-state index is 9.95. The van der Waals surface area contributed by atoms with E-state index in [1.807, 2.05) is 37.3 Å². The molecule has 0 aliphatic heterocycles. The van der Waals surface area contributed by atoms with Gasteiger partial charge in [-0.25, -0.2) is 4.98 Å². The average Bonchev–Trinajstić information content (AvgIpc) is 2.82. The Morgan fingerprint density at radius 2 is 1.95 bits per heavy atom. The number of aryl methyl sites for hydroxylation is 1. The number of hydrogen-bond donors (Lipinski definition) is 1. The normalized spacial score (nSPS) is 11.2. The van der Waals surface area contributed by atoms with Crippen molar-refractivity contribution >= 4 is 22.6 Å². The van der Waals surface area contributed by atoms with Crippen LogP contribution in [0, 0.1) is 6.92 Å². The third-order valence-electron chi connectivity index (χ3n) is 3.71. The van der Waals surface area contributed by atoms with Gasteiger partial charge in [0.25, 0.3) is 0 Å². The van der Waals surface area contributed by atoms with Gasteiger partial charge in [0.2, 0.25) is 0 Å². The topological polar surface area (TPSA) is 38.0 Å². The Hall–Kier alpha value is -2.00.